The second-order valence-corrected chi connectivity index (χ2v) is 6.59. The molecule has 1 amide bonds. The van der Waals surface area contributed by atoms with Crippen LogP contribution in [-0.2, 0) is 16.1 Å². The van der Waals surface area contributed by atoms with Crippen molar-refractivity contribution >= 4 is 11.9 Å². The van der Waals surface area contributed by atoms with Gasteiger partial charge in [0.05, 0.1) is 20.2 Å². The minimum atomic E-state index is -0.00448. The zero-order chi connectivity index (χ0) is 19.3. The second kappa shape index (κ2) is 12.2. The average Bonchev–Trinajstić information content (AvgIpc) is 3.52. The van der Waals surface area contributed by atoms with Crippen LogP contribution in [0.2, 0.25) is 0 Å². The predicted molar refractivity (Wildman–Crippen MR) is 107 cm³/mol. The van der Waals surface area contributed by atoms with Crippen molar-refractivity contribution in [2.45, 2.75) is 32.7 Å². The van der Waals surface area contributed by atoms with Crippen LogP contribution < -0.4 is 20.7 Å². The van der Waals surface area contributed by atoms with E-state index >= 15 is 0 Å². The van der Waals surface area contributed by atoms with Crippen molar-refractivity contribution in [3.8, 4) is 5.75 Å². The zero-order valence-electron chi connectivity index (χ0n) is 16.4. The highest BCUT2D eigenvalue weighted by Gasteiger charge is 2.21. The first-order chi connectivity index (χ1) is 13.2. The molecule has 0 saturated heterocycles. The number of amides is 1. The minimum absolute atomic E-state index is 0.00448. The molecule has 2 rings (SSSR count). The van der Waals surface area contributed by atoms with Gasteiger partial charge in [0.25, 0.3) is 0 Å². The maximum atomic E-state index is 11.9. The van der Waals surface area contributed by atoms with Crippen LogP contribution in [0, 0.1) is 5.92 Å². The van der Waals surface area contributed by atoms with E-state index in [9.17, 15) is 4.79 Å². The molecule has 0 radical (unpaired) electrons. The minimum Gasteiger partial charge on any atom is -0.497 e. The number of carbonyl (C=O) groups is 1. The van der Waals surface area contributed by atoms with Crippen molar-refractivity contribution in [3.63, 3.8) is 0 Å². The van der Waals surface area contributed by atoms with Crippen LogP contribution in [0.1, 0.15) is 31.7 Å². The van der Waals surface area contributed by atoms with Gasteiger partial charge in [-0.05, 0) is 49.8 Å². The van der Waals surface area contributed by atoms with Gasteiger partial charge in [0.2, 0.25) is 5.91 Å². The standard InChI is InChI=1S/C20H32N4O3/c1-3-27-12-4-11-21-20(24-15-19(25)22-13-16-5-6-16)23-14-17-7-9-18(26-2)10-8-17/h7-10,16H,3-6,11-15H2,1-2H3,(H,22,25)(H2,21,23,24). The fourth-order valence-corrected chi connectivity index (χ4v) is 2.41. The number of hydrogen-bond acceptors (Lipinski definition) is 4. The highest BCUT2D eigenvalue weighted by Crippen LogP contribution is 2.27. The topological polar surface area (TPSA) is 84.0 Å². The molecule has 0 unspecified atom stereocenters. The van der Waals surface area contributed by atoms with E-state index in [1.165, 1.54) is 12.8 Å². The Bertz CT molecular complexity index is 585. The molecule has 0 bridgehead atoms. The van der Waals surface area contributed by atoms with Crippen molar-refractivity contribution in [1.82, 2.24) is 16.0 Å². The number of nitrogens with one attached hydrogen (secondary N) is 3. The van der Waals surface area contributed by atoms with Crippen LogP contribution in [0.3, 0.4) is 0 Å². The Balaban J connectivity index is 1.80. The summed E-state index contributed by atoms with van der Waals surface area (Å²) in [6, 6.07) is 7.80. The SMILES string of the molecule is CCOCCCNC(=NCc1ccc(OC)cc1)NCC(=O)NCC1CC1. The first-order valence-electron chi connectivity index (χ1n) is 9.70. The lowest BCUT2D eigenvalue weighted by Crippen LogP contribution is -2.44. The lowest BCUT2D eigenvalue weighted by molar-refractivity contribution is -0.120. The third kappa shape index (κ3) is 9.28. The summed E-state index contributed by atoms with van der Waals surface area (Å²) in [5, 5.41) is 9.32. The maximum absolute atomic E-state index is 11.9. The molecular formula is C20H32N4O3. The Morgan fingerprint density at radius 3 is 2.63 bits per heavy atom. The van der Waals surface area contributed by atoms with E-state index in [4.69, 9.17) is 9.47 Å². The van der Waals surface area contributed by atoms with E-state index in [2.05, 4.69) is 20.9 Å². The average molecular weight is 377 g/mol. The number of nitrogens with zero attached hydrogens (tertiary/aromatic N) is 1. The zero-order valence-corrected chi connectivity index (χ0v) is 16.4. The van der Waals surface area contributed by atoms with E-state index in [1.807, 2.05) is 31.2 Å². The van der Waals surface area contributed by atoms with Crippen molar-refractivity contribution in [1.29, 1.82) is 0 Å². The van der Waals surface area contributed by atoms with Crippen molar-refractivity contribution in [2.24, 2.45) is 10.9 Å². The summed E-state index contributed by atoms with van der Waals surface area (Å²) in [6.07, 6.45) is 3.33. The van der Waals surface area contributed by atoms with Crippen molar-refractivity contribution in [3.05, 3.63) is 29.8 Å². The number of aliphatic imine (C=N–C) groups is 1. The maximum Gasteiger partial charge on any atom is 0.239 e. The lowest BCUT2D eigenvalue weighted by Gasteiger charge is -2.13. The number of ether oxygens (including phenoxy) is 2. The van der Waals surface area contributed by atoms with Gasteiger partial charge in [-0.3, -0.25) is 4.79 Å². The molecule has 0 atom stereocenters. The molecule has 0 spiro atoms. The molecule has 1 aromatic carbocycles. The lowest BCUT2D eigenvalue weighted by atomic mass is 10.2. The Labute approximate surface area is 161 Å². The van der Waals surface area contributed by atoms with Gasteiger partial charge in [0.1, 0.15) is 5.75 Å². The first-order valence-corrected chi connectivity index (χ1v) is 9.70. The summed E-state index contributed by atoms with van der Waals surface area (Å²) in [6.45, 7) is 5.66. The highest BCUT2D eigenvalue weighted by atomic mass is 16.5. The van der Waals surface area contributed by atoms with Gasteiger partial charge < -0.3 is 25.4 Å². The molecular weight excluding hydrogens is 344 g/mol. The molecule has 3 N–H and O–H groups in total. The third-order valence-electron chi connectivity index (χ3n) is 4.24. The van der Waals surface area contributed by atoms with Crippen LogP contribution >= 0.6 is 0 Å². The Morgan fingerprint density at radius 2 is 1.96 bits per heavy atom. The normalized spacial score (nSPS) is 13.9. The molecule has 1 aliphatic rings. The molecule has 27 heavy (non-hydrogen) atoms. The summed E-state index contributed by atoms with van der Waals surface area (Å²) in [4.78, 5) is 16.5. The fourth-order valence-electron chi connectivity index (χ4n) is 2.41. The van der Waals surface area contributed by atoms with E-state index in [0.29, 0.717) is 25.0 Å². The molecule has 0 heterocycles. The number of hydrogen-bond donors (Lipinski definition) is 3. The third-order valence-corrected chi connectivity index (χ3v) is 4.24. The van der Waals surface area contributed by atoms with Crippen LogP contribution in [0.5, 0.6) is 5.75 Å². The summed E-state index contributed by atoms with van der Waals surface area (Å²) in [7, 11) is 1.65. The van der Waals surface area contributed by atoms with Crippen LogP contribution in [0.15, 0.2) is 29.3 Å². The molecule has 1 fully saturated rings. The Kier molecular flexibility index (Phi) is 9.48. The summed E-state index contributed by atoms with van der Waals surface area (Å²) < 4.78 is 10.5. The second-order valence-electron chi connectivity index (χ2n) is 6.59. The van der Waals surface area contributed by atoms with Crippen LogP contribution in [-0.4, -0.2) is 51.8 Å². The number of rotatable bonds is 12. The van der Waals surface area contributed by atoms with Crippen LogP contribution in [0.4, 0.5) is 0 Å². The smallest absolute Gasteiger partial charge is 0.239 e. The largest absolute Gasteiger partial charge is 0.497 e. The van der Waals surface area contributed by atoms with E-state index in [0.717, 1.165) is 37.4 Å². The molecule has 1 aliphatic carbocycles. The Morgan fingerprint density at radius 1 is 1.19 bits per heavy atom. The van der Waals surface area contributed by atoms with Gasteiger partial charge >= 0.3 is 0 Å². The number of benzene rings is 1. The molecule has 1 aromatic rings. The van der Waals surface area contributed by atoms with E-state index in [1.54, 1.807) is 7.11 Å². The molecule has 0 aliphatic heterocycles. The predicted octanol–water partition coefficient (Wildman–Crippen LogP) is 1.68. The molecule has 7 heteroatoms. The van der Waals surface area contributed by atoms with Gasteiger partial charge in [0.15, 0.2) is 5.96 Å². The number of carbonyl (C=O) groups excluding carboxylic acids is 1. The Hall–Kier alpha value is -2.28. The monoisotopic (exact) mass is 376 g/mol. The van der Waals surface area contributed by atoms with E-state index in [-0.39, 0.29) is 12.5 Å². The molecule has 150 valence electrons. The summed E-state index contributed by atoms with van der Waals surface area (Å²) in [5.74, 6) is 2.12. The number of methoxy groups -OCH3 is 1. The summed E-state index contributed by atoms with van der Waals surface area (Å²) in [5.41, 5.74) is 1.07. The van der Waals surface area contributed by atoms with E-state index < -0.39 is 0 Å². The van der Waals surface area contributed by atoms with Crippen LogP contribution in [0.25, 0.3) is 0 Å². The van der Waals surface area contributed by atoms with Crippen molar-refractivity contribution < 1.29 is 14.3 Å². The van der Waals surface area contributed by atoms with Crippen molar-refractivity contribution in [2.75, 3.05) is 40.0 Å². The van der Waals surface area contributed by atoms with Gasteiger partial charge in [-0.2, -0.15) is 0 Å². The fraction of sp³-hybridized carbons (Fsp3) is 0.600. The molecule has 7 nitrogen and oxygen atoms in total. The van der Waals surface area contributed by atoms with Gasteiger partial charge in [-0.15, -0.1) is 0 Å². The van der Waals surface area contributed by atoms with Gasteiger partial charge in [-0.25, -0.2) is 4.99 Å². The van der Waals surface area contributed by atoms with Gasteiger partial charge in [0, 0.05) is 26.3 Å². The quantitative estimate of drug-likeness (QED) is 0.294. The summed E-state index contributed by atoms with van der Waals surface area (Å²) >= 11 is 0. The first kappa shape index (κ1) is 21.0. The number of guanidine groups is 1. The van der Waals surface area contributed by atoms with Gasteiger partial charge in [-0.1, -0.05) is 12.1 Å². The molecule has 0 aromatic heterocycles. The highest BCUT2D eigenvalue weighted by molar-refractivity contribution is 5.86. The molecule has 1 saturated carbocycles.